The highest BCUT2D eigenvalue weighted by atomic mass is 16.5. The Balaban J connectivity index is 1.55. The SMILES string of the molecule is CC[C@H]1CC(=O)[C@@H]2Oc3c(OC)ccc4c3[C@]23CCN(CC2CC2)C(C4)[C@@H]13. The minimum Gasteiger partial charge on any atom is -0.493 e. The van der Waals surface area contributed by atoms with Crippen molar-refractivity contribution in [3.63, 3.8) is 0 Å². The molecule has 1 aromatic carbocycles. The van der Waals surface area contributed by atoms with Crippen molar-refractivity contribution in [3.05, 3.63) is 23.3 Å². The summed E-state index contributed by atoms with van der Waals surface area (Å²) in [4.78, 5) is 16.0. The third kappa shape index (κ3) is 2.00. The average molecular weight is 367 g/mol. The van der Waals surface area contributed by atoms with Gasteiger partial charge in [0, 0.05) is 30.0 Å². The standard InChI is InChI=1S/C23H29NO3/c1-3-14-11-17(25)22-23-8-9-24(12-13-4-5-13)16(19(14)23)10-15-6-7-18(26-2)21(27-22)20(15)23/h6-7,13-14,16,19,22H,3-5,8-12H2,1-2H3/t14-,16?,19+,22-,23+/m0/s1. The number of ketones is 1. The average Bonchev–Trinajstić information content (AvgIpc) is 3.42. The van der Waals surface area contributed by atoms with Crippen LogP contribution in [0.5, 0.6) is 11.5 Å². The van der Waals surface area contributed by atoms with Crippen LogP contribution in [0.1, 0.15) is 50.2 Å². The molecule has 1 saturated heterocycles. The molecule has 4 nitrogen and oxygen atoms in total. The molecule has 2 heterocycles. The van der Waals surface area contributed by atoms with Gasteiger partial charge in [0.25, 0.3) is 0 Å². The third-order valence-corrected chi connectivity index (χ3v) is 8.29. The van der Waals surface area contributed by atoms with Crippen molar-refractivity contribution in [2.45, 2.75) is 63.0 Å². The Labute approximate surface area is 161 Å². The topological polar surface area (TPSA) is 38.8 Å². The maximum Gasteiger partial charge on any atom is 0.174 e. The normalized spacial score (nSPS) is 39.1. The first-order valence-electron chi connectivity index (χ1n) is 10.8. The minimum absolute atomic E-state index is 0.113. The lowest BCUT2D eigenvalue weighted by atomic mass is 9.48. The van der Waals surface area contributed by atoms with Gasteiger partial charge in [0.2, 0.25) is 0 Å². The number of benzene rings is 1. The van der Waals surface area contributed by atoms with Crippen molar-refractivity contribution in [3.8, 4) is 11.5 Å². The molecule has 0 radical (unpaired) electrons. The summed E-state index contributed by atoms with van der Waals surface area (Å²) < 4.78 is 12.1. The molecule has 0 aromatic heterocycles. The van der Waals surface area contributed by atoms with Crippen molar-refractivity contribution in [1.29, 1.82) is 0 Å². The number of Topliss-reactive ketones (excluding diaryl/α,β-unsaturated/α-hetero) is 1. The van der Waals surface area contributed by atoms with Crippen LogP contribution in [0.4, 0.5) is 0 Å². The molecule has 1 spiro atoms. The first-order chi connectivity index (χ1) is 13.2. The maximum atomic E-state index is 13.2. The van der Waals surface area contributed by atoms with Gasteiger partial charge in [-0.1, -0.05) is 19.4 Å². The van der Waals surface area contributed by atoms with E-state index in [9.17, 15) is 4.79 Å². The van der Waals surface area contributed by atoms with Crippen LogP contribution in [-0.2, 0) is 16.6 Å². The van der Waals surface area contributed by atoms with Crippen LogP contribution in [0.25, 0.3) is 0 Å². The zero-order valence-electron chi connectivity index (χ0n) is 16.4. The fourth-order valence-corrected chi connectivity index (χ4v) is 7.06. The van der Waals surface area contributed by atoms with Crippen LogP contribution in [0.15, 0.2) is 12.1 Å². The van der Waals surface area contributed by atoms with Crippen molar-refractivity contribution in [2.75, 3.05) is 20.2 Å². The fraction of sp³-hybridized carbons (Fsp3) is 0.696. The molecular formula is C23H29NO3. The van der Waals surface area contributed by atoms with Crippen LogP contribution >= 0.6 is 0 Å². The number of ether oxygens (including phenoxy) is 2. The van der Waals surface area contributed by atoms with Crippen molar-refractivity contribution < 1.29 is 14.3 Å². The monoisotopic (exact) mass is 367 g/mol. The molecule has 1 unspecified atom stereocenters. The van der Waals surface area contributed by atoms with Crippen LogP contribution in [-0.4, -0.2) is 43.0 Å². The number of carbonyl (C=O) groups is 1. The molecule has 27 heavy (non-hydrogen) atoms. The van der Waals surface area contributed by atoms with E-state index in [0.717, 1.165) is 43.2 Å². The zero-order chi connectivity index (χ0) is 18.3. The summed E-state index contributed by atoms with van der Waals surface area (Å²) >= 11 is 0. The summed E-state index contributed by atoms with van der Waals surface area (Å²) in [5, 5.41) is 0. The minimum atomic E-state index is -0.291. The maximum absolute atomic E-state index is 13.2. The molecule has 2 bridgehead atoms. The fourth-order valence-electron chi connectivity index (χ4n) is 7.06. The van der Waals surface area contributed by atoms with E-state index in [1.165, 1.54) is 30.5 Å². The van der Waals surface area contributed by atoms with E-state index in [-0.39, 0.29) is 11.5 Å². The second-order valence-corrected chi connectivity index (χ2v) is 9.49. The van der Waals surface area contributed by atoms with E-state index in [1.54, 1.807) is 7.11 Å². The predicted octanol–water partition coefficient (Wildman–Crippen LogP) is 3.35. The molecule has 3 fully saturated rings. The first kappa shape index (κ1) is 16.4. The molecule has 2 saturated carbocycles. The number of methoxy groups -OCH3 is 1. The highest BCUT2D eigenvalue weighted by Gasteiger charge is 2.68. The van der Waals surface area contributed by atoms with Crippen LogP contribution in [0.2, 0.25) is 0 Å². The highest BCUT2D eigenvalue weighted by Crippen LogP contribution is 2.64. The van der Waals surface area contributed by atoms with Gasteiger partial charge in [0.1, 0.15) is 0 Å². The molecule has 144 valence electrons. The van der Waals surface area contributed by atoms with Gasteiger partial charge in [0.15, 0.2) is 23.4 Å². The van der Waals surface area contributed by atoms with Gasteiger partial charge in [0.05, 0.1) is 7.11 Å². The van der Waals surface area contributed by atoms with E-state index in [4.69, 9.17) is 9.47 Å². The summed E-state index contributed by atoms with van der Waals surface area (Å²) in [7, 11) is 1.71. The van der Waals surface area contributed by atoms with Crippen molar-refractivity contribution >= 4 is 5.78 Å². The quantitative estimate of drug-likeness (QED) is 0.818. The molecule has 6 rings (SSSR count). The molecule has 4 heteroatoms. The number of carbonyl (C=O) groups excluding carboxylic acids is 1. The number of nitrogens with zero attached hydrogens (tertiary/aromatic N) is 1. The molecule has 5 aliphatic rings. The Bertz CT molecular complexity index is 816. The van der Waals surface area contributed by atoms with Crippen LogP contribution in [0.3, 0.4) is 0 Å². The summed E-state index contributed by atoms with van der Waals surface area (Å²) in [5.41, 5.74) is 2.63. The van der Waals surface area contributed by atoms with Gasteiger partial charge in [-0.25, -0.2) is 0 Å². The Morgan fingerprint density at radius 1 is 1.30 bits per heavy atom. The molecule has 1 aromatic rings. The lowest BCUT2D eigenvalue weighted by Gasteiger charge is -2.60. The molecule has 5 atom stereocenters. The summed E-state index contributed by atoms with van der Waals surface area (Å²) in [6.07, 6.45) is 6.45. The largest absolute Gasteiger partial charge is 0.493 e. The van der Waals surface area contributed by atoms with E-state index >= 15 is 0 Å². The number of hydrogen-bond acceptors (Lipinski definition) is 4. The summed E-state index contributed by atoms with van der Waals surface area (Å²) in [6.45, 7) is 4.64. The summed E-state index contributed by atoms with van der Waals surface area (Å²) in [5.74, 6) is 3.93. The van der Waals surface area contributed by atoms with Gasteiger partial charge in [-0.05, 0) is 61.6 Å². The molecule has 3 aliphatic carbocycles. The second-order valence-electron chi connectivity index (χ2n) is 9.49. The second kappa shape index (κ2) is 5.50. The Morgan fingerprint density at radius 2 is 2.15 bits per heavy atom. The molecular weight excluding hydrogens is 338 g/mol. The molecule has 0 N–H and O–H groups in total. The molecule has 2 aliphatic heterocycles. The van der Waals surface area contributed by atoms with E-state index in [1.807, 2.05) is 6.07 Å². The van der Waals surface area contributed by atoms with E-state index in [2.05, 4.69) is 17.9 Å². The van der Waals surface area contributed by atoms with Gasteiger partial charge >= 0.3 is 0 Å². The number of rotatable bonds is 4. The number of piperidine rings is 1. The highest BCUT2D eigenvalue weighted by molar-refractivity contribution is 5.89. The van der Waals surface area contributed by atoms with Gasteiger partial charge in [-0.3, -0.25) is 9.69 Å². The van der Waals surface area contributed by atoms with Gasteiger partial charge < -0.3 is 9.47 Å². The first-order valence-corrected chi connectivity index (χ1v) is 10.8. The number of likely N-dealkylation sites (tertiary alicyclic amines) is 1. The van der Waals surface area contributed by atoms with E-state index in [0.29, 0.717) is 30.1 Å². The van der Waals surface area contributed by atoms with Crippen molar-refractivity contribution in [1.82, 2.24) is 4.90 Å². The van der Waals surface area contributed by atoms with Crippen LogP contribution < -0.4 is 9.47 Å². The van der Waals surface area contributed by atoms with Crippen LogP contribution in [0, 0.1) is 17.8 Å². The lowest BCUT2D eigenvalue weighted by molar-refractivity contribution is -0.145. The zero-order valence-corrected chi connectivity index (χ0v) is 16.4. The smallest absolute Gasteiger partial charge is 0.174 e. The van der Waals surface area contributed by atoms with Gasteiger partial charge in [-0.2, -0.15) is 0 Å². The van der Waals surface area contributed by atoms with E-state index < -0.39 is 0 Å². The predicted molar refractivity (Wildman–Crippen MR) is 102 cm³/mol. The molecule has 0 amide bonds. The Morgan fingerprint density at radius 3 is 2.89 bits per heavy atom. The lowest BCUT2D eigenvalue weighted by Crippen LogP contribution is -2.68. The summed E-state index contributed by atoms with van der Waals surface area (Å²) in [6, 6.07) is 4.86. The van der Waals surface area contributed by atoms with Crippen molar-refractivity contribution in [2.24, 2.45) is 17.8 Å². The number of hydrogen-bond donors (Lipinski definition) is 0. The third-order valence-electron chi connectivity index (χ3n) is 8.29. The Kier molecular flexibility index (Phi) is 3.34. The Hall–Kier alpha value is -1.55. The van der Waals surface area contributed by atoms with Gasteiger partial charge in [-0.15, -0.1) is 0 Å².